The zero-order chi connectivity index (χ0) is 13.5. The van der Waals surface area contributed by atoms with E-state index in [0.29, 0.717) is 0 Å². The summed E-state index contributed by atoms with van der Waals surface area (Å²) in [5.74, 6) is 0. The van der Waals surface area contributed by atoms with Crippen LogP contribution in [0.3, 0.4) is 0 Å². The van der Waals surface area contributed by atoms with Crippen molar-refractivity contribution in [1.82, 2.24) is 4.98 Å². The molecule has 20 heavy (non-hydrogen) atoms. The zero-order valence-electron chi connectivity index (χ0n) is 10.6. The van der Waals surface area contributed by atoms with Gasteiger partial charge < -0.3 is 4.98 Å². The number of benzene rings is 2. The SMILES string of the molecule is Clc1ccc(C2=NCc3c([nH]c4ccccc34)S2)cc1. The van der Waals surface area contributed by atoms with Gasteiger partial charge in [0.05, 0.1) is 11.6 Å². The number of nitrogens with zero attached hydrogens (tertiary/aromatic N) is 1. The Balaban J connectivity index is 1.75. The van der Waals surface area contributed by atoms with Crippen LogP contribution in [0, 0.1) is 0 Å². The second-order valence-electron chi connectivity index (χ2n) is 4.71. The lowest BCUT2D eigenvalue weighted by Crippen LogP contribution is -2.02. The standard InChI is InChI=1S/C16H11ClN2S/c17-11-7-5-10(6-8-11)15-18-9-13-12-3-1-2-4-14(12)19-16(13)20-15/h1-8,19H,9H2. The first-order valence-electron chi connectivity index (χ1n) is 6.39. The normalized spacial score (nSPS) is 14.2. The van der Waals surface area contributed by atoms with E-state index in [1.807, 2.05) is 24.3 Å². The number of rotatable bonds is 1. The van der Waals surface area contributed by atoms with Crippen molar-refractivity contribution < 1.29 is 0 Å². The molecule has 2 nitrogen and oxygen atoms in total. The molecule has 0 atom stereocenters. The molecule has 2 heterocycles. The highest BCUT2D eigenvalue weighted by Crippen LogP contribution is 2.36. The third kappa shape index (κ3) is 1.94. The van der Waals surface area contributed by atoms with Crippen LogP contribution >= 0.6 is 23.4 Å². The fraction of sp³-hybridized carbons (Fsp3) is 0.0625. The fourth-order valence-electron chi connectivity index (χ4n) is 2.44. The number of para-hydroxylation sites is 1. The molecular weight excluding hydrogens is 288 g/mol. The molecule has 3 aromatic rings. The summed E-state index contributed by atoms with van der Waals surface area (Å²) < 4.78 is 0. The topological polar surface area (TPSA) is 28.1 Å². The number of hydrogen-bond donors (Lipinski definition) is 1. The fourth-order valence-corrected chi connectivity index (χ4v) is 3.60. The highest BCUT2D eigenvalue weighted by Gasteiger charge is 2.19. The van der Waals surface area contributed by atoms with Crippen LogP contribution in [0.4, 0.5) is 0 Å². The maximum atomic E-state index is 5.93. The smallest absolute Gasteiger partial charge is 0.104 e. The number of halogens is 1. The monoisotopic (exact) mass is 298 g/mol. The van der Waals surface area contributed by atoms with E-state index in [0.717, 1.165) is 22.2 Å². The predicted octanol–water partition coefficient (Wildman–Crippen LogP) is 4.87. The number of fused-ring (bicyclic) bond motifs is 3. The van der Waals surface area contributed by atoms with Crippen LogP contribution in [0.25, 0.3) is 10.9 Å². The van der Waals surface area contributed by atoms with Crippen molar-refractivity contribution in [3.05, 3.63) is 64.7 Å². The van der Waals surface area contributed by atoms with Crippen molar-refractivity contribution >= 4 is 39.3 Å². The Labute approximate surface area is 125 Å². The van der Waals surface area contributed by atoms with E-state index in [2.05, 4.69) is 29.2 Å². The third-order valence-electron chi connectivity index (χ3n) is 3.45. The quantitative estimate of drug-likeness (QED) is 0.682. The van der Waals surface area contributed by atoms with Crippen molar-refractivity contribution in [2.45, 2.75) is 11.6 Å². The molecule has 0 saturated carbocycles. The first-order chi connectivity index (χ1) is 9.81. The van der Waals surface area contributed by atoms with Crippen LogP contribution in [0.5, 0.6) is 0 Å². The number of thioether (sulfide) groups is 1. The highest BCUT2D eigenvalue weighted by atomic mass is 35.5. The summed E-state index contributed by atoms with van der Waals surface area (Å²) in [7, 11) is 0. The van der Waals surface area contributed by atoms with E-state index < -0.39 is 0 Å². The van der Waals surface area contributed by atoms with Gasteiger partial charge in [-0.3, -0.25) is 4.99 Å². The largest absolute Gasteiger partial charge is 0.349 e. The molecule has 4 rings (SSSR count). The second-order valence-corrected chi connectivity index (χ2v) is 6.14. The van der Waals surface area contributed by atoms with Crippen LogP contribution in [0.15, 0.2) is 58.5 Å². The maximum absolute atomic E-state index is 5.93. The minimum atomic E-state index is 0.726. The first kappa shape index (κ1) is 12.1. The van der Waals surface area contributed by atoms with E-state index in [-0.39, 0.29) is 0 Å². The summed E-state index contributed by atoms with van der Waals surface area (Å²) >= 11 is 7.63. The minimum absolute atomic E-state index is 0.726. The lowest BCUT2D eigenvalue weighted by atomic mass is 10.2. The Morgan fingerprint density at radius 2 is 1.85 bits per heavy atom. The van der Waals surface area contributed by atoms with E-state index in [1.165, 1.54) is 21.5 Å². The molecule has 0 aliphatic carbocycles. The Hall–Kier alpha value is -1.71. The second kappa shape index (κ2) is 4.69. The Morgan fingerprint density at radius 3 is 2.70 bits per heavy atom. The van der Waals surface area contributed by atoms with E-state index in [9.17, 15) is 0 Å². The Bertz CT molecular complexity index is 818. The van der Waals surface area contributed by atoms with Crippen LogP contribution in [-0.2, 0) is 6.54 Å². The Kier molecular flexibility index (Phi) is 2.83. The average molecular weight is 299 g/mol. The van der Waals surface area contributed by atoms with Crippen molar-refractivity contribution in [3.8, 4) is 0 Å². The van der Waals surface area contributed by atoms with Gasteiger partial charge in [-0.2, -0.15) is 0 Å². The van der Waals surface area contributed by atoms with Gasteiger partial charge in [0.25, 0.3) is 0 Å². The van der Waals surface area contributed by atoms with Gasteiger partial charge >= 0.3 is 0 Å². The van der Waals surface area contributed by atoms with Crippen LogP contribution in [-0.4, -0.2) is 10.0 Å². The van der Waals surface area contributed by atoms with E-state index in [1.54, 1.807) is 11.8 Å². The first-order valence-corrected chi connectivity index (χ1v) is 7.58. The van der Waals surface area contributed by atoms with E-state index >= 15 is 0 Å². The van der Waals surface area contributed by atoms with Crippen LogP contribution < -0.4 is 0 Å². The maximum Gasteiger partial charge on any atom is 0.104 e. The summed E-state index contributed by atoms with van der Waals surface area (Å²) in [6, 6.07) is 16.2. The van der Waals surface area contributed by atoms with Gasteiger partial charge in [0, 0.05) is 27.1 Å². The van der Waals surface area contributed by atoms with Gasteiger partial charge in [-0.1, -0.05) is 53.7 Å². The molecular formula is C16H11ClN2S. The molecule has 2 aromatic carbocycles. The average Bonchev–Trinajstić information content (AvgIpc) is 2.85. The molecule has 98 valence electrons. The van der Waals surface area contributed by atoms with Crippen molar-refractivity contribution in [3.63, 3.8) is 0 Å². The molecule has 4 heteroatoms. The summed E-state index contributed by atoms with van der Waals surface area (Å²) in [4.78, 5) is 8.19. The van der Waals surface area contributed by atoms with Gasteiger partial charge in [0.15, 0.2) is 0 Å². The van der Waals surface area contributed by atoms with Gasteiger partial charge in [0.2, 0.25) is 0 Å². The molecule has 0 radical (unpaired) electrons. The summed E-state index contributed by atoms with van der Waals surface area (Å²) in [5.41, 5.74) is 3.59. The van der Waals surface area contributed by atoms with Crippen molar-refractivity contribution in [2.24, 2.45) is 4.99 Å². The minimum Gasteiger partial charge on any atom is -0.349 e. The third-order valence-corrected chi connectivity index (χ3v) is 4.81. The Morgan fingerprint density at radius 1 is 1.05 bits per heavy atom. The lowest BCUT2D eigenvalue weighted by Gasteiger charge is -2.12. The van der Waals surface area contributed by atoms with Crippen LogP contribution in [0.1, 0.15) is 11.1 Å². The number of aromatic amines is 1. The molecule has 0 saturated heterocycles. The number of nitrogens with one attached hydrogen (secondary N) is 1. The molecule has 0 fully saturated rings. The molecule has 1 N–H and O–H groups in total. The number of aromatic nitrogens is 1. The van der Waals surface area contributed by atoms with Crippen molar-refractivity contribution in [2.75, 3.05) is 0 Å². The highest BCUT2D eigenvalue weighted by molar-refractivity contribution is 8.14. The van der Waals surface area contributed by atoms with E-state index in [4.69, 9.17) is 16.6 Å². The molecule has 1 aliphatic heterocycles. The molecule has 0 unspecified atom stereocenters. The molecule has 0 spiro atoms. The van der Waals surface area contributed by atoms with Gasteiger partial charge in [-0.25, -0.2) is 0 Å². The van der Waals surface area contributed by atoms with Gasteiger partial charge in [-0.05, 0) is 18.2 Å². The molecule has 0 bridgehead atoms. The van der Waals surface area contributed by atoms with Gasteiger partial charge in [-0.15, -0.1) is 0 Å². The number of aliphatic imine (C=N–C) groups is 1. The molecule has 1 aliphatic rings. The summed E-state index contributed by atoms with van der Waals surface area (Å²) in [5, 5.41) is 4.27. The van der Waals surface area contributed by atoms with Crippen LogP contribution in [0.2, 0.25) is 5.02 Å². The number of hydrogen-bond acceptors (Lipinski definition) is 2. The molecule has 1 aromatic heterocycles. The van der Waals surface area contributed by atoms with Gasteiger partial charge in [0.1, 0.15) is 5.04 Å². The predicted molar refractivity (Wildman–Crippen MR) is 85.8 cm³/mol. The number of H-pyrrole nitrogens is 1. The van der Waals surface area contributed by atoms with Crippen molar-refractivity contribution in [1.29, 1.82) is 0 Å². The molecule has 0 amide bonds. The lowest BCUT2D eigenvalue weighted by molar-refractivity contribution is 1.01. The summed E-state index contributed by atoms with van der Waals surface area (Å²) in [6.45, 7) is 0.726. The summed E-state index contributed by atoms with van der Waals surface area (Å²) in [6.07, 6.45) is 0. The zero-order valence-corrected chi connectivity index (χ0v) is 12.1.